The largest absolute Gasteiger partial charge is 0.477 e. The number of ether oxygens (including phenoxy) is 2. The molecule has 0 saturated heterocycles. The molecule has 2 aromatic rings. The highest BCUT2D eigenvalue weighted by molar-refractivity contribution is 5.33. The number of hydrogen-bond acceptors (Lipinski definition) is 9. The summed E-state index contributed by atoms with van der Waals surface area (Å²) in [4.78, 5) is 11.9. The molecule has 0 radical (unpaired) electrons. The van der Waals surface area contributed by atoms with Gasteiger partial charge in [0.25, 0.3) is 0 Å². The summed E-state index contributed by atoms with van der Waals surface area (Å²) in [5.74, 6) is 1.09. The summed E-state index contributed by atoms with van der Waals surface area (Å²) in [6, 6.07) is 3.33. The summed E-state index contributed by atoms with van der Waals surface area (Å²) in [5.41, 5.74) is 5.58. The molecule has 2 rings (SSSR count). The SMILES string of the molecule is CCCOc1ccc(Oc2nc(N)nc(NCC)n2)nn1. The molecular weight excluding hydrogens is 274 g/mol. The van der Waals surface area contributed by atoms with E-state index in [9.17, 15) is 0 Å². The zero-order valence-electron chi connectivity index (χ0n) is 11.9. The van der Waals surface area contributed by atoms with E-state index < -0.39 is 0 Å². The maximum atomic E-state index is 5.58. The molecule has 0 aliphatic heterocycles. The minimum atomic E-state index is 0.0509. The monoisotopic (exact) mass is 291 g/mol. The van der Waals surface area contributed by atoms with Crippen LogP contribution in [0.5, 0.6) is 17.8 Å². The van der Waals surface area contributed by atoms with Gasteiger partial charge in [-0.05, 0) is 13.3 Å². The van der Waals surface area contributed by atoms with E-state index in [1.54, 1.807) is 12.1 Å². The molecule has 0 saturated carbocycles. The van der Waals surface area contributed by atoms with Crippen LogP contribution in [-0.2, 0) is 0 Å². The van der Waals surface area contributed by atoms with E-state index >= 15 is 0 Å². The topological polar surface area (TPSA) is 121 Å². The fraction of sp³-hybridized carbons (Fsp3) is 0.417. The van der Waals surface area contributed by atoms with E-state index in [0.717, 1.165) is 6.42 Å². The summed E-state index contributed by atoms with van der Waals surface area (Å²) in [6.07, 6.45) is 0.900. The Labute approximate surface area is 121 Å². The smallest absolute Gasteiger partial charge is 0.330 e. The standard InChI is InChI=1S/C12H17N7O2/c1-3-7-20-8-5-6-9(19-18-8)21-12-16-10(13)15-11(17-12)14-4-2/h5-6H,3-4,7H2,1-2H3,(H3,13,14,15,16,17). The zero-order chi connectivity index (χ0) is 15.1. The molecule has 0 amide bonds. The number of nitrogen functional groups attached to an aromatic ring is 1. The van der Waals surface area contributed by atoms with Crippen LogP contribution in [0.15, 0.2) is 12.1 Å². The predicted octanol–water partition coefficient (Wildman–Crippen LogP) is 1.26. The summed E-state index contributed by atoms with van der Waals surface area (Å²) < 4.78 is 10.7. The fourth-order valence-electron chi connectivity index (χ4n) is 1.39. The number of rotatable bonds is 7. The number of nitrogens with two attached hydrogens (primary N) is 1. The van der Waals surface area contributed by atoms with Crippen LogP contribution in [0.4, 0.5) is 11.9 Å². The Kier molecular flexibility index (Phi) is 5.02. The Morgan fingerprint density at radius 3 is 2.52 bits per heavy atom. The maximum absolute atomic E-state index is 5.58. The van der Waals surface area contributed by atoms with Gasteiger partial charge in [0.15, 0.2) is 0 Å². The van der Waals surface area contributed by atoms with Crippen LogP contribution in [0.2, 0.25) is 0 Å². The summed E-state index contributed by atoms with van der Waals surface area (Å²) in [7, 11) is 0. The molecule has 0 fully saturated rings. The second kappa shape index (κ2) is 7.17. The van der Waals surface area contributed by atoms with Crippen molar-refractivity contribution in [3.8, 4) is 17.8 Å². The third-order valence-electron chi connectivity index (χ3n) is 2.23. The Balaban J connectivity index is 2.07. The molecule has 21 heavy (non-hydrogen) atoms. The van der Waals surface area contributed by atoms with Gasteiger partial charge in [-0.2, -0.15) is 15.0 Å². The van der Waals surface area contributed by atoms with Crippen molar-refractivity contribution in [1.29, 1.82) is 0 Å². The molecule has 0 unspecified atom stereocenters. The van der Waals surface area contributed by atoms with Crippen LogP contribution in [0, 0.1) is 0 Å². The predicted molar refractivity (Wildman–Crippen MR) is 76.3 cm³/mol. The van der Waals surface area contributed by atoms with E-state index in [2.05, 4.69) is 30.5 Å². The van der Waals surface area contributed by atoms with Crippen molar-refractivity contribution in [2.75, 3.05) is 24.2 Å². The highest BCUT2D eigenvalue weighted by atomic mass is 16.5. The first kappa shape index (κ1) is 14.7. The van der Waals surface area contributed by atoms with Gasteiger partial charge in [-0.3, -0.25) is 0 Å². The second-order valence-electron chi connectivity index (χ2n) is 3.99. The molecule has 0 atom stereocenters. The molecule has 2 aromatic heterocycles. The van der Waals surface area contributed by atoms with Crippen LogP contribution < -0.4 is 20.5 Å². The van der Waals surface area contributed by atoms with E-state index in [1.165, 1.54) is 0 Å². The Bertz CT molecular complexity index is 576. The normalized spacial score (nSPS) is 10.2. The van der Waals surface area contributed by atoms with Crippen LogP contribution in [0.25, 0.3) is 0 Å². The van der Waals surface area contributed by atoms with Crippen LogP contribution in [0.3, 0.4) is 0 Å². The van der Waals surface area contributed by atoms with Gasteiger partial charge in [-0.1, -0.05) is 6.92 Å². The Morgan fingerprint density at radius 2 is 1.86 bits per heavy atom. The summed E-state index contributed by atoms with van der Waals surface area (Å²) >= 11 is 0. The van der Waals surface area contributed by atoms with Gasteiger partial charge < -0.3 is 20.5 Å². The van der Waals surface area contributed by atoms with Crippen molar-refractivity contribution in [2.24, 2.45) is 0 Å². The lowest BCUT2D eigenvalue weighted by Gasteiger charge is -2.06. The van der Waals surface area contributed by atoms with Crippen molar-refractivity contribution >= 4 is 11.9 Å². The molecule has 0 aromatic carbocycles. The van der Waals surface area contributed by atoms with Gasteiger partial charge in [-0.15, -0.1) is 10.2 Å². The van der Waals surface area contributed by atoms with Crippen molar-refractivity contribution in [3.05, 3.63) is 12.1 Å². The average Bonchev–Trinajstić information content (AvgIpc) is 2.46. The van der Waals surface area contributed by atoms with Crippen LogP contribution >= 0.6 is 0 Å². The lowest BCUT2D eigenvalue weighted by molar-refractivity contribution is 0.298. The lowest BCUT2D eigenvalue weighted by atomic mass is 10.5. The second-order valence-corrected chi connectivity index (χ2v) is 3.99. The highest BCUT2D eigenvalue weighted by Crippen LogP contribution is 2.17. The van der Waals surface area contributed by atoms with E-state index in [-0.39, 0.29) is 17.8 Å². The molecule has 2 heterocycles. The van der Waals surface area contributed by atoms with Crippen molar-refractivity contribution in [3.63, 3.8) is 0 Å². The first-order valence-electron chi connectivity index (χ1n) is 6.61. The third kappa shape index (κ3) is 4.41. The van der Waals surface area contributed by atoms with Gasteiger partial charge >= 0.3 is 6.01 Å². The fourth-order valence-corrected chi connectivity index (χ4v) is 1.39. The lowest BCUT2D eigenvalue weighted by Crippen LogP contribution is -2.07. The summed E-state index contributed by atoms with van der Waals surface area (Å²) in [5, 5.41) is 10.7. The number of nitrogens with zero attached hydrogens (tertiary/aromatic N) is 5. The molecule has 9 heteroatoms. The van der Waals surface area contributed by atoms with E-state index in [1.807, 2.05) is 13.8 Å². The van der Waals surface area contributed by atoms with Crippen LogP contribution in [0.1, 0.15) is 20.3 Å². The molecule has 0 aliphatic rings. The first-order chi connectivity index (χ1) is 10.2. The Morgan fingerprint density at radius 1 is 1.10 bits per heavy atom. The van der Waals surface area contributed by atoms with Gasteiger partial charge in [0.2, 0.25) is 23.7 Å². The van der Waals surface area contributed by atoms with Crippen molar-refractivity contribution in [2.45, 2.75) is 20.3 Å². The minimum Gasteiger partial charge on any atom is -0.477 e. The Hall–Kier alpha value is -2.71. The number of nitrogens with one attached hydrogen (secondary N) is 1. The maximum Gasteiger partial charge on any atom is 0.330 e. The highest BCUT2D eigenvalue weighted by Gasteiger charge is 2.07. The molecule has 112 valence electrons. The molecule has 0 spiro atoms. The molecule has 9 nitrogen and oxygen atoms in total. The zero-order valence-corrected chi connectivity index (χ0v) is 11.9. The third-order valence-corrected chi connectivity index (χ3v) is 2.23. The minimum absolute atomic E-state index is 0.0509. The quantitative estimate of drug-likeness (QED) is 0.776. The van der Waals surface area contributed by atoms with Gasteiger partial charge in [0.1, 0.15) is 0 Å². The van der Waals surface area contributed by atoms with Gasteiger partial charge in [0.05, 0.1) is 6.61 Å². The molecular formula is C12H17N7O2. The average molecular weight is 291 g/mol. The van der Waals surface area contributed by atoms with Crippen molar-refractivity contribution < 1.29 is 9.47 Å². The van der Waals surface area contributed by atoms with E-state index in [4.69, 9.17) is 15.2 Å². The number of aromatic nitrogens is 5. The number of hydrogen-bond donors (Lipinski definition) is 2. The summed E-state index contributed by atoms with van der Waals surface area (Å²) in [6.45, 7) is 5.18. The van der Waals surface area contributed by atoms with E-state index in [0.29, 0.717) is 25.0 Å². The molecule has 3 N–H and O–H groups in total. The van der Waals surface area contributed by atoms with Crippen LogP contribution in [-0.4, -0.2) is 38.3 Å². The van der Waals surface area contributed by atoms with Crippen molar-refractivity contribution in [1.82, 2.24) is 25.1 Å². The van der Waals surface area contributed by atoms with Gasteiger partial charge in [0, 0.05) is 18.7 Å². The number of anilines is 2. The molecule has 0 aliphatic carbocycles. The molecule has 0 bridgehead atoms. The first-order valence-corrected chi connectivity index (χ1v) is 6.61. The van der Waals surface area contributed by atoms with Gasteiger partial charge in [-0.25, -0.2) is 0 Å².